The number of rotatable bonds is 6. The molecule has 1 unspecified atom stereocenters. The monoisotopic (exact) mass is 394 g/mol. The lowest BCUT2D eigenvalue weighted by Crippen LogP contribution is -2.36. The maximum Gasteiger partial charge on any atom is 0.241 e. The van der Waals surface area contributed by atoms with Crippen LogP contribution in [0.2, 0.25) is 0 Å². The molecule has 0 aliphatic carbocycles. The highest BCUT2D eigenvalue weighted by Gasteiger charge is 2.15. The average molecular weight is 396 g/mol. The van der Waals surface area contributed by atoms with E-state index in [-0.39, 0.29) is 5.91 Å². The Kier molecular flexibility index (Phi) is 6.78. The number of methoxy groups -OCH3 is 2. The Bertz CT molecular complexity index is 455. The number of hydrogen-bond acceptors (Lipinski definition) is 4. The fourth-order valence-corrected chi connectivity index (χ4v) is 2.64. The van der Waals surface area contributed by atoms with Crippen molar-refractivity contribution in [1.29, 1.82) is 0 Å². The summed E-state index contributed by atoms with van der Waals surface area (Å²) >= 11 is 6.74. The highest BCUT2D eigenvalue weighted by molar-refractivity contribution is 9.11. The van der Waals surface area contributed by atoms with Crippen molar-refractivity contribution in [2.45, 2.75) is 12.5 Å². The summed E-state index contributed by atoms with van der Waals surface area (Å²) in [5, 5.41) is 2.75. The van der Waals surface area contributed by atoms with Crippen molar-refractivity contribution in [2.24, 2.45) is 5.73 Å². The number of nitrogens with one attached hydrogen (secondary N) is 1. The second-order valence-corrected chi connectivity index (χ2v) is 5.55. The van der Waals surface area contributed by atoms with Gasteiger partial charge in [0.15, 0.2) is 0 Å². The molecule has 0 radical (unpaired) electrons. The summed E-state index contributed by atoms with van der Waals surface area (Å²) in [5.74, 6) is 0.367. The number of ether oxygens (including phenoxy) is 2. The summed E-state index contributed by atoms with van der Waals surface area (Å²) < 4.78 is 11.6. The van der Waals surface area contributed by atoms with Crippen LogP contribution in [0.15, 0.2) is 21.1 Å². The molecule has 5 nitrogen and oxygen atoms in total. The quantitative estimate of drug-likeness (QED) is 0.776. The molecule has 0 spiro atoms. The topological polar surface area (TPSA) is 73.6 Å². The molecule has 1 rings (SSSR count). The molecular weight excluding hydrogens is 380 g/mol. The van der Waals surface area contributed by atoms with Crippen LogP contribution < -0.4 is 15.8 Å². The largest absolute Gasteiger partial charge is 0.495 e. The van der Waals surface area contributed by atoms with Crippen molar-refractivity contribution in [3.8, 4) is 5.75 Å². The Labute approximate surface area is 129 Å². The van der Waals surface area contributed by atoms with Gasteiger partial charge in [-0.3, -0.25) is 4.79 Å². The average Bonchev–Trinajstić information content (AvgIpc) is 2.38. The molecule has 1 aromatic carbocycles. The van der Waals surface area contributed by atoms with Crippen LogP contribution >= 0.6 is 31.9 Å². The summed E-state index contributed by atoms with van der Waals surface area (Å²) in [5.41, 5.74) is 6.36. The summed E-state index contributed by atoms with van der Waals surface area (Å²) in [6.07, 6.45) is 0.466. The molecule has 106 valence electrons. The lowest BCUT2D eigenvalue weighted by Gasteiger charge is -2.14. The van der Waals surface area contributed by atoms with Gasteiger partial charge in [-0.05, 0) is 44.3 Å². The molecule has 0 fully saturated rings. The van der Waals surface area contributed by atoms with E-state index in [0.29, 0.717) is 24.5 Å². The summed E-state index contributed by atoms with van der Waals surface area (Å²) in [4.78, 5) is 11.9. The van der Waals surface area contributed by atoms with Crippen LogP contribution in [0.1, 0.15) is 6.42 Å². The fourth-order valence-electron chi connectivity index (χ4n) is 1.38. The van der Waals surface area contributed by atoms with Gasteiger partial charge in [-0.2, -0.15) is 0 Å². The number of hydrogen-bond donors (Lipinski definition) is 2. The van der Waals surface area contributed by atoms with E-state index in [1.165, 1.54) is 0 Å². The Balaban J connectivity index is 2.78. The summed E-state index contributed by atoms with van der Waals surface area (Å²) in [7, 11) is 3.13. The van der Waals surface area contributed by atoms with E-state index in [1.54, 1.807) is 26.4 Å². The molecule has 0 saturated heterocycles. The number of halogens is 2. The van der Waals surface area contributed by atoms with Crippen LogP contribution in [0.5, 0.6) is 5.75 Å². The first-order valence-electron chi connectivity index (χ1n) is 5.58. The van der Waals surface area contributed by atoms with Crippen LogP contribution in [0.25, 0.3) is 0 Å². The van der Waals surface area contributed by atoms with E-state index in [4.69, 9.17) is 15.2 Å². The smallest absolute Gasteiger partial charge is 0.241 e. The van der Waals surface area contributed by atoms with E-state index in [0.717, 1.165) is 8.95 Å². The van der Waals surface area contributed by atoms with Crippen LogP contribution in [0, 0.1) is 0 Å². The zero-order chi connectivity index (χ0) is 14.4. The van der Waals surface area contributed by atoms with E-state index in [2.05, 4.69) is 37.2 Å². The van der Waals surface area contributed by atoms with Crippen molar-refractivity contribution >= 4 is 43.5 Å². The van der Waals surface area contributed by atoms with E-state index >= 15 is 0 Å². The minimum absolute atomic E-state index is 0.262. The number of anilines is 1. The van der Waals surface area contributed by atoms with Gasteiger partial charge in [0.1, 0.15) is 5.75 Å². The first kappa shape index (κ1) is 16.4. The number of benzene rings is 1. The van der Waals surface area contributed by atoms with Crippen molar-refractivity contribution in [3.05, 3.63) is 21.1 Å². The molecule has 7 heteroatoms. The van der Waals surface area contributed by atoms with Gasteiger partial charge in [-0.1, -0.05) is 0 Å². The lowest BCUT2D eigenvalue weighted by molar-refractivity contribution is -0.117. The number of nitrogens with two attached hydrogens (primary N) is 1. The minimum Gasteiger partial charge on any atom is -0.495 e. The number of carbonyl (C=O) groups excluding carboxylic acids is 1. The van der Waals surface area contributed by atoms with Gasteiger partial charge in [-0.25, -0.2) is 0 Å². The van der Waals surface area contributed by atoms with Crippen molar-refractivity contribution in [2.75, 3.05) is 26.1 Å². The molecule has 0 aliphatic rings. The molecule has 0 aromatic heterocycles. The third-order valence-electron chi connectivity index (χ3n) is 2.47. The van der Waals surface area contributed by atoms with E-state index in [9.17, 15) is 4.79 Å². The molecule has 1 aromatic rings. The van der Waals surface area contributed by atoms with Gasteiger partial charge in [0, 0.05) is 24.3 Å². The predicted octanol–water partition coefficient (Wildman–Crippen LogP) is 2.52. The van der Waals surface area contributed by atoms with E-state index < -0.39 is 6.04 Å². The molecule has 0 saturated carbocycles. The molecule has 3 N–H and O–H groups in total. The Morgan fingerprint density at radius 2 is 2.05 bits per heavy atom. The predicted molar refractivity (Wildman–Crippen MR) is 81.5 cm³/mol. The third-order valence-corrected chi connectivity index (χ3v) is 3.74. The van der Waals surface area contributed by atoms with Crippen LogP contribution in [0.3, 0.4) is 0 Å². The van der Waals surface area contributed by atoms with Crippen molar-refractivity contribution < 1.29 is 14.3 Å². The maximum absolute atomic E-state index is 11.9. The molecule has 1 atom stereocenters. The highest BCUT2D eigenvalue weighted by atomic mass is 79.9. The normalized spacial score (nSPS) is 12.1. The first-order chi connectivity index (χ1) is 8.99. The first-order valence-corrected chi connectivity index (χ1v) is 7.16. The zero-order valence-electron chi connectivity index (χ0n) is 10.7. The fraction of sp³-hybridized carbons (Fsp3) is 0.417. The molecule has 1 amide bonds. The Morgan fingerprint density at radius 3 is 2.63 bits per heavy atom. The van der Waals surface area contributed by atoms with Gasteiger partial charge < -0.3 is 20.5 Å². The number of carbonyl (C=O) groups is 1. The summed E-state index contributed by atoms with van der Waals surface area (Å²) in [6.45, 7) is 0.444. The van der Waals surface area contributed by atoms with Crippen molar-refractivity contribution in [1.82, 2.24) is 0 Å². The molecule has 0 heterocycles. The molecular formula is C12H16Br2N2O3. The Morgan fingerprint density at radius 1 is 1.37 bits per heavy atom. The standard InChI is InChI=1S/C12H16Br2N2O3/c1-18-4-3-9(15)12(17)16-10-6-11(19-2)8(14)5-7(10)13/h5-6,9H,3-4,15H2,1-2H3,(H,16,17). The van der Waals surface area contributed by atoms with Crippen molar-refractivity contribution in [3.63, 3.8) is 0 Å². The minimum atomic E-state index is -0.610. The van der Waals surface area contributed by atoms with Gasteiger partial charge in [0.05, 0.1) is 23.3 Å². The van der Waals surface area contributed by atoms with Crippen LogP contribution in [-0.4, -0.2) is 32.8 Å². The van der Waals surface area contributed by atoms with Crippen LogP contribution in [0.4, 0.5) is 5.69 Å². The third kappa shape index (κ3) is 4.76. The molecule has 19 heavy (non-hydrogen) atoms. The molecule has 0 aliphatic heterocycles. The van der Waals surface area contributed by atoms with Gasteiger partial charge >= 0.3 is 0 Å². The zero-order valence-corrected chi connectivity index (χ0v) is 13.9. The second kappa shape index (κ2) is 7.84. The van der Waals surface area contributed by atoms with Gasteiger partial charge in [0.25, 0.3) is 0 Å². The number of amides is 1. The second-order valence-electron chi connectivity index (χ2n) is 3.84. The van der Waals surface area contributed by atoms with E-state index in [1.807, 2.05) is 0 Å². The molecule has 0 bridgehead atoms. The Hall–Kier alpha value is -0.630. The van der Waals surface area contributed by atoms with Gasteiger partial charge in [-0.15, -0.1) is 0 Å². The lowest BCUT2D eigenvalue weighted by atomic mass is 10.2. The summed E-state index contributed by atoms with van der Waals surface area (Å²) in [6, 6.07) is 2.91. The highest BCUT2D eigenvalue weighted by Crippen LogP contribution is 2.34. The maximum atomic E-state index is 11.9. The van der Waals surface area contributed by atoms with Gasteiger partial charge in [0.2, 0.25) is 5.91 Å². The SMILES string of the molecule is COCCC(N)C(=O)Nc1cc(OC)c(Br)cc1Br. The van der Waals surface area contributed by atoms with Crippen LogP contribution in [-0.2, 0) is 9.53 Å².